The Labute approximate surface area is 157 Å². The number of carbonyl (C=O) groups excluding carboxylic acids is 2. The van der Waals surface area contributed by atoms with Crippen molar-refractivity contribution in [3.63, 3.8) is 0 Å². The topological polar surface area (TPSA) is 122 Å². The first-order valence-electron chi connectivity index (χ1n) is 9.25. The van der Waals surface area contributed by atoms with Crippen LogP contribution in [0.2, 0.25) is 0 Å². The fourth-order valence-corrected chi connectivity index (χ4v) is 3.20. The number of hydrogen-bond acceptors (Lipinski definition) is 6. The summed E-state index contributed by atoms with van der Waals surface area (Å²) in [6.07, 6.45) is 2.99. The van der Waals surface area contributed by atoms with Crippen LogP contribution in [0.25, 0.3) is 0 Å². The van der Waals surface area contributed by atoms with Crippen LogP contribution in [0.1, 0.15) is 55.7 Å². The van der Waals surface area contributed by atoms with E-state index in [0.717, 1.165) is 37.1 Å². The standard InChI is InChI=1S/C18H25N5O4/c1-3-6-19-18(25)26-13-5-4-12(8-13)15-10-16(22-21-15)20-17(24)9-14-7-11(2)23-27-14/h7,10,12-13H,3-6,8-9H2,1-2H3,(H,19,25)(H2,20,21,22,24). The van der Waals surface area contributed by atoms with Gasteiger partial charge >= 0.3 is 6.09 Å². The van der Waals surface area contributed by atoms with E-state index in [9.17, 15) is 9.59 Å². The van der Waals surface area contributed by atoms with Crippen LogP contribution in [-0.2, 0) is 16.0 Å². The summed E-state index contributed by atoms with van der Waals surface area (Å²) in [6, 6.07) is 3.55. The second-order valence-electron chi connectivity index (χ2n) is 6.83. The molecule has 9 nitrogen and oxygen atoms in total. The molecule has 9 heteroatoms. The molecular formula is C18H25N5O4. The lowest BCUT2D eigenvalue weighted by molar-refractivity contribution is -0.115. The number of aromatic nitrogens is 3. The summed E-state index contributed by atoms with van der Waals surface area (Å²) in [5.41, 5.74) is 1.67. The largest absolute Gasteiger partial charge is 0.446 e. The third kappa shape index (κ3) is 5.32. The van der Waals surface area contributed by atoms with E-state index in [1.165, 1.54) is 0 Å². The number of anilines is 1. The zero-order valence-electron chi connectivity index (χ0n) is 15.6. The third-order valence-electron chi connectivity index (χ3n) is 4.49. The van der Waals surface area contributed by atoms with Crippen LogP contribution >= 0.6 is 0 Å². The monoisotopic (exact) mass is 375 g/mol. The van der Waals surface area contributed by atoms with Gasteiger partial charge in [0.1, 0.15) is 11.9 Å². The summed E-state index contributed by atoms with van der Waals surface area (Å²) in [7, 11) is 0. The molecule has 2 atom stereocenters. The SMILES string of the molecule is CCCNC(=O)OC1CCC(c2cc(NC(=O)Cc3cc(C)no3)n[nH]2)C1. The van der Waals surface area contributed by atoms with Gasteiger partial charge in [0.2, 0.25) is 5.91 Å². The number of nitrogens with zero attached hydrogens (tertiary/aromatic N) is 2. The molecule has 3 N–H and O–H groups in total. The van der Waals surface area contributed by atoms with Crippen LogP contribution in [0.5, 0.6) is 0 Å². The van der Waals surface area contributed by atoms with Crippen molar-refractivity contribution in [2.24, 2.45) is 0 Å². The summed E-state index contributed by atoms with van der Waals surface area (Å²) >= 11 is 0. The van der Waals surface area contributed by atoms with Crippen molar-refractivity contribution >= 4 is 17.8 Å². The maximum Gasteiger partial charge on any atom is 0.407 e. The fourth-order valence-electron chi connectivity index (χ4n) is 3.20. The van der Waals surface area contributed by atoms with Gasteiger partial charge in [-0.15, -0.1) is 0 Å². The van der Waals surface area contributed by atoms with E-state index in [4.69, 9.17) is 9.26 Å². The average molecular weight is 375 g/mol. The smallest absolute Gasteiger partial charge is 0.407 e. The summed E-state index contributed by atoms with van der Waals surface area (Å²) < 4.78 is 10.5. The molecule has 1 aliphatic carbocycles. The van der Waals surface area contributed by atoms with Crippen molar-refractivity contribution in [2.75, 3.05) is 11.9 Å². The highest BCUT2D eigenvalue weighted by Gasteiger charge is 2.30. The first-order chi connectivity index (χ1) is 13.0. The molecule has 2 aromatic heterocycles. The predicted octanol–water partition coefficient (Wildman–Crippen LogP) is 2.66. The quantitative estimate of drug-likeness (QED) is 0.684. The molecule has 1 aliphatic rings. The summed E-state index contributed by atoms with van der Waals surface area (Å²) in [5, 5.41) is 16.3. The molecule has 0 radical (unpaired) electrons. The third-order valence-corrected chi connectivity index (χ3v) is 4.49. The Hall–Kier alpha value is -2.84. The zero-order chi connectivity index (χ0) is 19.2. The summed E-state index contributed by atoms with van der Waals surface area (Å²) in [5.74, 6) is 0.989. The highest BCUT2D eigenvalue weighted by molar-refractivity contribution is 5.91. The predicted molar refractivity (Wildman–Crippen MR) is 97.3 cm³/mol. The molecule has 3 rings (SSSR count). The number of aromatic amines is 1. The molecule has 0 aliphatic heterocycles. The molecule has 0 saturated heterocycles. The number of alkyl carbamates (subject to hydrolysis) is 1. The number of amides is 2. The Morgan fingerprint density at radius 1 is 1.37 bits per heavy atom. The van der Waals surface area contributed by atoms with Crippen molar-refractivity contribution in [1.82, 2.24) is 20.7 Å². The maximum absolute atomic E-state index is 12.1. The molecule has 146 valence electrons. The van der Waals surface area contributed by atoms with Crippen LogP contribution in [0.3, 0.4) is 0 Å². The van der Waals surface area contributed by atoms with E-state index < -0.39 is 0 Å². The number of ether oxygens (including phenoxy) is 1. The van der Waals surface area contributed by atoms with Gasteiger partial charge < -0.3 is 19.9 Å². The Morgan fingerprint density at radius 3 is 2.96 bits per heavy atom. The molecule has 2 unspecified atom stereocenters. The number of hydrogen-bond donors (Lipinski definition) is 3. The van der Waals surface area contributed by atoms with Gasteiger partial charge in [0.05, 0.1) is 12.1 Å². The second kappa shape index (κ2) is 8.70. The van der Waals surface area contributed by atoms with E-state index in [1.807, 2.05) is 13.0 Å². The number of carbonyl (C=O) groups is 2. The minimum absolute atomic E-state index is 0.0945. The highest BCUT2D eigenvalue weighted by atomic mass is 16.6. The average Bonchev–Trinajstić information content (AvgIpc) is 3.35. The van der Waals surface area contributed by atoms with Crippen LogP contribution in [0, 0.1) is 6.92 Å². The van der Waals surface area contributed by atoms with Crippen molar-refractivity contribution in [3.8, 4) is 0 Å². The number of nitrogens with one attached hydrogen (secondary N) is 3. The van der Waals surface area contributed by atoms with Crippen molar-refractivity contribution in [2.45, 2.75) is 58.0 Å². The lowest BCUT2D eigenvalue weighted by atomic mass is 10.0. The Balaban J connectivity index is 1.47. The van der Waals surface area contributed by atoms with Gasteiger partial charge in [-0.2, -0.15) is 5.10 Å². The molecule has 1 fully saturated rings. The first-order valence-corrected chi connectivity index (χ1v) is 9.25. The van der Waals surface area contributed by atoms with E-state index in [0.29, 0.717) is 18.1 Å². The molecule has 2 aromatic rings. The Morgan fingerprint density at radius 2 is 2.22 bits per heavy atom. The van der Waals surface area contributed by atoms with Gasteiger partial charge in [0.15, 0.2) is 5.82 Å². The lowest BCUT2D eigenvalue weighted by Crippen LogP contribution is -2.28. The van der Waals surface area contributed by atoms with Crippen molar-refractivity contribution in [3.05, 3.63) is 29.3 Å². The number of H-pyrrole nitrogens is 1. The van der Waals surface area contributed by atoms with Gasteiger partial charge in [-0.1, -0.05) is 12.1 Å². The van der Waals surface area contributed by atoms with E-state index in [2.05, 4.69) is 26.0 Å². The molecule has 0 aromatic carbocycles. The molecule has 2 heterocycles. The number of aryl methyl sites for hydroxylation is 1. The van der Waals surface area contributed by atoms with Crippen LogP contribution in [-0.4, -0.2) is 40.0 Å². The Kier molecular flexibility index (Phi) is 6.10. The molecule has 2 amide bonds. The van der Waals surface area contributed by atoms with Crippen molar-refractivity contribution < 1.29 is 18.8 Å². The van der Waals surface area contributed by atoms with Gasteiger partial charge in [0, 0.05) is 30.3 Å². The van der Waals surface area contributed by atoms with E-state index in [1.54, 1.807) is 13.0 Å². The summed E-state index contributed by atoms with van der Waals surface area (Å²) in [4.78, 5) is 23.7. The molecule has 27 heavy (non-hydrogen) atoms. The minimum atomic E-state index is -0.359. The van der Waals surface area contributed by atoms with Crippen LogP contribution in [0.4, 0.5) is 10.6 Å². The molecule has 1 saturated carbocycles. The zero-order valence-corrected chi connectivity index (χ0v) is 15.6. The van der Waals surface area contributed by atoms with E-state index >= 15 is 0 Å². The van der Waals surface area contributed by atoms with Crippen LogP contribution in [0.15, 0.2) is 16.7 Å². The number of rotatable bonds is 7. The fraction of sp³-hybridized carbons (Fsp3) is 0.556. The Bertz CT molecular complexity index is 784. The first kappa shape index (κ1) is 18.9. The van der Waals surface area contributed by atoms with Gasteiger partial charge in [-0.05, 0) is 32.6 Å². The normalized spacial score (nSPS) is 19.0. The van der Waals surface area contributed by atoms with Gasteiger partial charge in [-0.25, -0.2) is 4.79 Å². The van der Waals surface area contributed by atoms with Crippen molar-refractivity contribution in [1.29, 1.82) is 0 Å². The van der Waals surface area contributed by atoms with E-state index in [-0.39, 0.29) is 30.4 Å². The van der Waals surface area contributed by atoms with Gasteiger partial charge in [0.25, 0.3) is 0 Å². The summed E-state index contributed by atoms with van der Waals surface area (Å²) in [6.45, 7) is 4.41. The highest BCUT2D eigenvalue weighted by Crippen LogP contribution is 2.35. The van der Waals surface area contributed by atoms with Crippen LogP contribution < -0.4 is 10.6 Å². The minimum Gasteiger partial charge on any atom is -0.446 e. The molecule has 0 spiro atoms. The second-order valence-corrected chi connectivity index (χ2v) is 6.83. The van der Waals surface area contributed by atoms with Gasteiger partial charge in [-0.3, -0.25) is 9.89 Å². The lowest BCUT2D eigenvalue weighted by Gasteiger charge is -2.12. The molecular weight excluding hydrogens is 350 g/mol. The maximum atomic E-state index is 12.1. The molecule has 0 bridgehead atoms.